The highest BCUT2D eigenvalue weighted by Gasteiger charge is 2.25. The van der Waals surface area contributed by atoms with Gasteiger partial charge in [0.25, 0.3) is 0 Å². The predicted molar refractivity (Wildman–Crippen MR) is 218 cm³/mol. The number of rotatable bonds is 11. The van der Waals surface area contributed by atoms with Gasteiger partial charge in [-0.3, -0.25) is 9.59 Å². The van der Waals surface area contributed by atoms with Crippen molar-refractivity contribution in [2.75, 3.05) is 10.6 Å². The SMILES string of the molecule is CC(=O)c1ccc(OC2CCC(NC(=O)Nc3ccc(Cl)cc3)CC2)cc1.CCC(=O)c1ccc(OC2CCC(NC(=O)Nc3ccc(C)cc3)CC2)cc1. The monoisotopic (exact) mass is 766 g/mol. The highest BCUT2D eigenvalue weighted by Crippen LogP contribution is 2.26. The van der Waals surface area contributed by atoms with Crippen molar-refractivity contribution in [3.63, 3.8) is 0 Å². The molecule has 290 valence electrons. The minimum atomic E-state index is -0.207. The fourth-order valence-corrected chi connectivity index (χ4v) is 6.73. The van der Waals surface area contributed by atoms with E-state index < -0.39 is 0 Å². The van der Waals surface area contributed by atoms with Crippen molar-refractivity contribution in [2.45, 2.75) is 103 Å². The van der Waals surface area contributed by atoms with E-state index in [0.717, 1.165) is 79.7 Å². The molecule has 2 aliphatic carbocycles. The number of aryl methyl sites for hydroxylation is 1. The van der Waals surface area contributed by atoms with E-state index >= 15 is 0 Å². The third kappa shape index (κ3) is 13.5. The summed E-state index contributed by atoms with van der Waals surface area (Å²) >= 11 is 5.84. The smallest absolute Gasteiger partial charge is 0.319 e. The molecule has 6 rings (SSSR count). The average molecular weight is 767 g/mol. The molecule has 4 N–H and O–H groups in total. The van der Waals surface area contributed by atoms with Gasteiger partial charge in [-0.25, -0.2) is 9.59 Å². The number of nitrogens with one attached hydrogen (secondary N) is 4. The standard InChI is InChI=1S/C23H28N2O3.C21H23ClN2O3/c1-3-22(26)17-6-12-20(13-7-17)28-21-14-10-19(11-15-21)25-23(27)24-18-8-4-16(2)5-9-18;1-14(25)15-2-10-19(11-3-15)27-20-12-8-18(9-13-20)24-21(26)23-17-6-4-16(22)5-7-17/h4-9,12-13,19,21H,3,10-11,14-15H2,1-2H3,(H2,24,25,27);2-7,10-11,18,20H,8-9,12-13H2,1H3,(H2,23,24,26). The van der Waals surface area contributed by atoms with E-state index in [1.807, 2.05) is 74.5 Å². The molecule has 4 aromatic carbocycles. The molecule has 0 bridgehead atoms. The van der Waals surface area contributed by atoms with Crippen LogP contribution < -0.4 is 30.7 Å². The van der Waals surface area contributed by atoms with Gasteiger partial charge in [0, 0.05) is 46.0 Å². The number of hydrogen-bond acceptors (Lipinski definition) is 6. The molecule has 0 aliphatic heterocycles. The highest BCUT2D eigenvalue weighted by atomic mass is 35.5. The molecule has 2 saturated carbocycles. The Labute approximate surface area is 328 Å². The summed E-state index contributed by atoms with van der Waals surface area (Å²) in [6.45, 7) is 5.43. The van der Waals surface area contributed by atoms with Crippen LogP contribution in [0.15, 0.2) is 97.1 Å². The molecule has 11 heteroatoms. The van der Waals surface area contributed by atoms with Crippen molar-refractivity contribution in [1.82, 2.24) is 10.6 Å². The first kappa shape index (κ1) is 40.8. The van der Waals surface area contributed by atoms with Gasteiger partial charge in [0.15, 0.2) is 11.6 Å². The first-order valence-electron chi connectivity index (χ1n) is 19.1. The maximum absolute atomic E-state index is 12.2. The number of carbonyl (C=O) groups is 4. The summed E-state index contributed by atoms with van der Waals surface area (Å²) in [5.41, 5.74) is 4.08. The number of ketones is 2. The fraction of sp³-hybridized carbons (Fsp3) is 0.364. The van der Waals surface area contributed by atoms with E-state index in [4.69, 9.17) is 21.1 Å². The van der Waals surface area contributed by atoms with Gasteiger partial charge in [0.1, 0.15) is 11.5 Å². The first-order chi connectivity index (χ1) is 26.5. The van der Waals surface area contributed by atoms with Gasteiger partial charge >= 0.3 is 12.1 Å². The second kappa shape index (κ2) is 20.4. The van der Waals surface area contributed by atoms with Crippen LogP contribution in [0.2, 0.25) is 5.02 Å². The highest BCUT2D eigenvalue weighted by molar-refractivity contribution is 6.30. The predicted octanol–water partition coefficient (Wildman–Crippen LogP) is 10.2. The number of benzene rings is 4. The number of halogens is 1. The molecule has 0 spiro atoms. The Bertz CT molecular complexity index is 1850. The topological polar surface area (TPSA) is 135 Å². The molecule has 55 heavy (non-hydrogen) atoms. The Hall–Kier alpha value is -5.35. The summed E-state index contributed by atoms with van der Waals surface area (Å²) in [6.07, 6.45) is 7.83. The normalized spacial score (nSPS) is 19.1. The van der Waals surface area contributed by atoms with E-state index in [1.54, 1.807) is 43.3 Å². The van der Waals surface area contributed by atoms with Crippen LogP contribution in [0.25, 0.3) is 0 Å². The second-order valence-electron chi connectivity index (χ2n) is 14.1. The van der Waals surface area contributed by atoms with Crippen molar-refractivity contribution >= 4 is 46.6 Å². The molecule has 0 radical (unpaired) electrons. The Morgan fingerprint density at radius 2 is 0.982 bits per heavy atom. The molecule has 2 fully saturated rings. The summed E-state index contributed by atoms with van der Waals surface area (Å²) in [5, 5.41) is 12.4. The number of carbonyl (C=O) groups excluding carboxylic acids is 4. The van der Waals surface area contributed by atoms with Crippen molar-refractivity contribution in [3.05, 3.63) is 119 Å². The number of amides is 4. The summed E-state index contributed by atoms with van der Waals surface area (Å²) in [4.78, 5) is 47.3. The summed E-state index contributed by atoms with van der Waals surface area (Å²) < 4.78 is 12.0. The van der Waals surface area contributed by atoms with Gasteiger partial charge in [-0.1, -0.05) is 36.2 Å². The largest absolute Gasteiger partial charge is 0.490 e. The van der Waals surface area contributed by atoms with Crippen LogP contribution in [0.4, 0.5) is 21.0 Å². The molecule has 0 unspecified atom stereocenters. The van der Waals surface area contributed by atoms with Crippen molar-refractivity contribution in [1.29, 1.82) is 0 Å². The van der Waals surface area contributed by atoms with Crippen molar-refractivity contribution < 1.29 is 28.7 Å². The summed E-state index contributed by atoms with van der Waals surface area (Å²) in [5.74, 6) is 1.75. The van der Waals surface area contributed by atoms with Crippen LogP contribution >= 0.6 is 11.6 Å². The summed E-state index contributed by atoms with van der Waals surface area (Å²) in [6, 6.07) is 29.3. The quantitative estimate of drug-likeness (QED) is 0.112. The van der Waals surface area contributed by atoms with Crippen LogP contribution in [0, 0.1) is 6.92 Å². The fourth-order valence-electron chi connectivity index (χ4n) is 6.60. The molecule has 2 aliphatic rings. The maximum Gasteiger partial charge on any atom is 0.319 e. The molecule has 4 amide bonds. The lowest BCUT2D eigenvalue weighted by atomic mass is 9.93. The molecule has 10 nitrogen and oxygen atoms in total. The van der Waals surface area contributed by atoms with Crippen LogP contribution in [-0.4, -0.2) is 47.9 Å². The van der Waals surface area contributed by atoms with Crippen molar-refractivity contribution in [2.24, 2.45) is 0 Å². The van der Waals surface area contributed by atoms with E-state index in [1.165, 1.54) is 0 Å². The van der Waals surface area contributed by atoms with Crippen molar-refractivity contribution in [3.8, 4) is 11.5 Å². The molecular formula is C44H51ClN4O6. The molecule has 0 atom stereocenters. The minimum Gasteiger partial charge on any atom is -0.490 e. The molecule has 4 aromatic rings. The number of anilines is 2. The Kier molecular flexibility index (Phi) is 15.1. The lowest BCUT2D eigenvalue weighted by molar-refractivity contribution is 0.0985. The Morgan fingerprint density at radius 3 is 1.38 bits per heavy atom. The first-order valence-corrected chi connectivity index (χ1v) is 19.5. The third-order valence-corrected chi connectivity index (χ3v) is 10.0. The van der Waals surface area contributed by atoms with Crippen LogP contribution in [0.1, 0.15) is 97.9 Å². The molecule has 0 saturated heterocycles. The summed E-state index contributed by atoms with van der Waals surface area (Å²) in [7, 11) is 0. The van der Waals surface area contributed by atoms with Gasteiger partial charge in [-0.15, -0.1) is 0 Å². The zero-order chi connectivity index (χ0) is 39.2. The number of urea groups is 2. The van der Waals surface area contributed by atoms with Gasteiger partial charge in [0.05, 0.1) is 12.2 Å². The number of hydrogen-bond donors (Lipinski definition) is 4. The van der Waals surface area contributed by atoms with Gasteiger partial charge in [0.2, 0.25) is 0 Å². The van der Waals surface area contributed by atoms with E-state index in [2.05, 4.69) is 21.3 Å². The van der Waals surface area contributed by atoms with Crippen LogP contribution in [-0.2, 0) is 0 Å². The lowest BCUT2D eigenvalue weighted by Gasteiger charge is -2.29. The Balaban J connectivity index is 0.000000211. The third-order valence-electron chi connectivity index (χ3n) is 9.79. The number of ether oxygens (including phenoxy) is 2. The maximum atomic E-state index is 12.2. The van der Waals surface area contributed by atoms with E-state index in [9.17, 15) is 19.2 Å². The van der Waals surface area contributed by atoms with Gasteiger partial charge in [-0.05, 0) is 150 Å². The van der Waals surface area contributed by atoms with Crippen LogP contribution in [0.3, 0.4) is 0 Å². The molecule has 0 aromatic heterocycles. The second-order valence-corrected chi connectivity index (χ2v) is 14.6. The van der Waals surface area contributed by atoms with Gasteiger partial charge in [-0.2, -0.15) is 0 Å². The number of Topliss-reactive ketones (excluding diaryl/α,β-unsaturated/α-hetero) is 2. The molecular weight excluding hydrogens is 716 g/mol. The zero-order valence-corrected chi connectivity index (χ0v) is 32.5. The van der Waals surface area contributed by atoms with E-state index in [-0.39, 0.29) is 47.9 Å². The van der Waals surface area contributed by atoms with Gasteiger partial charge < -0.3 is 30.7 Å². The van der Waals surface area contributed by atoms with E-state index in [0.29, 0.717) is 22.7 Å². The molecule has 0 heterocycles. The Morgan fingerprint density at radius 1 is 0.582 bits per heavy atom. The average Bonchev–Trinajstić information content (AvgIpc) is 3.18. The van der Waals surface area contributed by atoms with Crippen LogP contribution in [0.5, 0.6) is 11.5 Å². The minimum absolute atomic E-state index is 0.0463. The zero-order valence-electron chi connectivity index (χ0n) is 31.7. The lowest BCUT2D eigenvalue weighted by Crippen LogP contribution is -2.41.